The number of methoxy groups -OCH3 is 1. The lowest BCUT2D eigenvalue weighted by molar-refractivity contribution is -0.142. The largest absolute Gasteiger partial charge is 0.494 e. The normalized spacial score (nSPS) is 13.1. The lowest BCUT2D eigenvalue weighted by Crippen LogP contribution is -2.37. The Morgan fingerprint density at radius 2 is 2.00 bits per heavy atom. The van der Waals surface area contributed by atoms with E-state index >= 15 is 0 Å². The van der Waals surface area contributed by atoms with E-state index in [4.69, 9.17) is 9.47 Å². The first-order valence-electron chi connectivity index (χ1n) is 8.54. The van der Waals surface area contributed by atoms with Gasteiger partial charge in [0.1, 0.15) is 0 Å². The first kappa shape index (κ1) is 19.9. The van der Waals surface area contributed by atoms with Crippen LogP contribution in [0.2, 0.25) is 0 Å². The fourth-order valence-electron chi connectivity index (χ4n) is 2.74. The van der Waals surface area contributed by atoms with E-state index in [9.17, 15) is 18.8 Å². The number of amides is 1. The van der Waals surface area contributed by atoms with E-state index in [0.29, 0.717) is 5.75 Å². The van der Waals surface area contributed by atoms with Crippen LogP contribution in [0.4, 0.5) is 10.1 Å². The van der Waals surface area contributed by atoms with E-state index in [1.807, 2.05) is 24.3 Å². The summed E-state index contributed by atoms with van der Waals surface area (Å²) in [6.45, 7) is -0.328. The van der Waals surface area contributed by atoms with Crippen LogP contribution in [0.3, 0.4) is 0 Å². The topological polar surface area (TPSA) is 72.9 Å². The predicted molar refractivity (Wildman–Crippen MR) is 102 cm³/mol. The predicted octanol–water partition coefficient (Wildman–Crippen LogP) is 3.09. The number of halogens is 1. The summed E-state index contributed by atoms with van der Waals surface area (Å²) in [5.74, 6) is -1.54. The molecule has 0 aliphatic carbocycles. The molecule has 0 saturated carbocycles. The second-order valence-corrected chi connectivity index (χ2v) is 7.00. The van der Waals surface area contributed by atoms with Crippen LogP contribution in [0.15, 0.2) is 47.4 Å². The number of carbonyl (C=O) groups excluding carboxylic acids is 3. The van der Waals surface area contributed by atoms with Gasteiger partial charge in [-0.1, -0.05) is 12.1 Å². The van der Waals surface area contributed by atoms with Gasteiger partial charge in [-0.05, 0) is 30.3 Å². The third-order valence-corrected chi connectivity index (χ3v) is 5.23. The molecule has 0 unspecified atom stereocenters. The van der Waals surface area contributed by atoms with Gasteiger partial charge >= 0.3 is 5.97 Å². The van der Waals surface area contributed by atoms with Crippen LogP contribution in [0, 0.1) is 5.82 Å². The van der Waals surface area contributed by atoms with Crippen LogP contribution in [0.5, 0.6) is 5.75 Å². The maximum absolute atomic E-state index is 13.7. The summed E-state index contributed by atoms with van der Waals surface area (Å²) in [5.41, 5.74) is 0.851. The van der Waals surface area contributed by atoms with Gasteiger partial charge in [0, 0.05) is 17.0 Å². The number of thioether (sulfide) groups is 1. The Bertz CT molecular complexity index is 917. The molecule has 8 heteroatoms. The molecule has 0 bridgehead atoms. The minimum absolute atomic E-state index is 0.0261. The summed E-state index contributed by atoms with van der Waals surface area (Å²) in [5, 5.41) is 0. The number of hydrogen-bond acceptors (Lipinski definition) is 6. The Morgan fingerprint density at radius 1 is 1.21 bits per heavy atom. The standard InChI is InChI=1S/C20H18FNO5S/c1-26-17-7-6-13(10-14(17)21)16(23)11-27-20(25)8-9-22-15-4-2-3-5-18(15)28-12-19(22)24/h2-7,10H,8-9,11-12H2,1H3. The van der Waals surface area contributed by atoms with Crippen molar-refractivity contribution in [3.8, 4) is 5.75 Å². The molecule has 0 aromatic heterocycles. The first-order chi connectivity index (χ1) is 13.5. The molecular weight excluding hydrogens is 385 g/mol. The highest BCUT2D eigenvalue weighted by Crippen LogP contribution is 2.34. The highest BCUT2D eigenvalue weighted by atomic mass is 32.2. The first-order valence-corrected chi connectivity index (χ1v) is 9.52. The third kappa shape index (κ3) is 4.51. The van der Waals surface area contributed by atoms with Gasteiger partial charge in [0.05, 0.1) is 25.0 Å². The fraction of sp³-hybridized carbons (Fsp3) is 0.250. The molecule has 3 rings (SSSR count). The number of benzene rings is 2. The minimum Gasteiger partial charge on any atom is -0.494 e. The molecule has 1 amide bonds. The quantitative estimate of drug-likeness (QED) is 0.523. The van der Waals surface area contributed by atoms with Crippen molar-refractivity contribution in [2.45, 2.75) is 11.3 Å². The van der Waals surface area contributed by atoms with Gasteiger partial charge in [-0.25, -0.2) is 4.39 Å². The van der Waals surface area contributed by atoms with E-state index in [0.717, 1.165) is 16.6 Å². The molecule has 6 nitrogen and oxygen atoms in total. The zero-order valence-corrected chi connectivity index (χ0v) is 16.0. The molecule has 0 atom stereocenters. The van der Waals surface area contributed by atoms with Crippen molar-refractivity contribution in [1.29, 1.82) is 0 Å². The van der Waals surface area contributed by atoms with Crippen LogP contribution in [0.25, 0.3) is 0 Å². The Hall–Kier alpha value is -2.87. The molecule has 2 aromatic rings. The summed E-state index contributed by atoms with van der Waals surface area (Å²) in [4.78, 5) is 38.8. The molecule has 0 radical (unpaired) electrons. The number of ether oxygens (including phenoxy) is 2. The highest BCUT2D eigenvalue weighted by Gasteiger charge is 2.25. The fourth-order valence-corrected chi connectivity index (χ4v) is 3.68. The van der Waals surface area contributed by atoms with E-state index in [1.54, 1.807) is 4.90 Å². The average Bonchev–Trinajstić information content (AvgIpc) is 2.71. The maximum Gasteiger partial charge on any atom is 0.308 e. The Labute approximate surface area is 165 Å². The second-order valence-electron chi connectivity index (χ2n) is 5.98. The summed E-state index contributed by atoms with van der Waals surface area (Å²) in [6, 6.07) is 11.2. The number of fused-ring (bicyclic) bond motifs is 1. The van der Waals surface area contributed by atoms with E-state index in [1.165, 1.54) is 31.0 Å². The molecule has 1 aliphatic heterocycles. The monoisotopic (exact) mass is 403 g/mol. The van der Waals surface area contributed by atoms with Gasteiger partial charge in [0.25, 0.3) is 0 Å². The van der Waals surface area contributed by atoms with Gasteiger partial charge in [0.2, 0.25) is 5.91 Å². The van der Waals surface area contributed by atoms with E-state index in [-0.39, 0.29) is 30.2 Å². The number of rotatable bonds is 7. The molecule has 0 N–H and O–H groups in total. The summed E-state index contributed by atoms with van der Waals surface area (Å²) in [7, 11) is 1.33. The number of anilines is 1. The van der Waals surface area contributed by atoms with Gasteiger partial charge in [-0.2, -0.15) is 0 Å². The molecular formula is C20H18FNO5S. The number of nitrogens with zero attached hydrogens (tertiary/aromatic N) is 1. The molecule has 2 aromatic carbocycles. The van der Waals surface area contributed by atoms with Gasteiger partial charge < -0.3 is 14.4 Å². The maximum atomic E-state index is 13.7. The summed E-state index contributed by atoms with van der Waals surface area (Å²) in [6.07, 6.45) is -0.0466. The number of carbonyl (C=O) groups is 3. The molecule has 146 valence electrons. The number of Topliss-reactive ketones (excluding diaryl/α,β-unsaturated/α-hetero) is 1. The van der Waals surface area contributed by atoms with Crippen LogP contribution >= 0.6 is 11.8 Å². The molecule has 1 aliphatic rings. The molecule has 0 fully saturated rings. The molecule has 28 heavy (non-hydrogen) atoms. The minimum atomic E-state index is -0.667. The van der Waals surface area contributed by atoms with Crippen molar-refractivity contribution < 1.29 is 28.2 Å². The van der Waals surface area contributed by atoms with Crippen molar-refractivity contribution in [1.82, 2.24) is 0 Å². The zero-order chi connectivity index (χ0) is 20.1. The Kier molecular flexibility index (Phi) is 6.30. The number of ketones is 1. The van der Waals surface area contributed by atoms with Gasteiger partial charge in [-0.15, -0.1) is 11.8 Å². The Morgan fingerprint density at radius 3 is 2.75 bits per heavy atom. The van der Waals surface area contributed by atoms with Crippen molar-refractivity contribution in [3.05, 3.63) is 53.8 Å². The van der Waals surface area contributed by atoms with Crippen molar-refractivity contribution in [2.24, 2.45) is 0 Å². The van der Waals surface area contributed by atoms with Crippen molar-refractivity contribution in [2.75, 3.05) is 30.9 Å². The molecule has 0 spiro atoms. The van der Waals surface area contributed by atoms with Crippen LogP contribution in [0.1, 0.15) is 16.8 Å². The van der Waals surface area contributed by atoms with E-state index < -0.39 is 24.2 Å². The van der Waals surface area contributed by atoms with Gasteiger partial charge in [0.15, 0.2) is 24.0 Å². The van der Waals surface area contributed by atoms with E-state index in [2.05, 4.69) is 0 Å². The van der Waals surface area contributed by atoms with Crippen LogP contribution < -0.4 is 9.64 Å². The lowest BCUT2D eigenvalue weighted by atomic mass is 10.1. The smallest absolute Gasteiger partial charge is 0.308 e. The van der Waals surface area contributed by atoms with Gasteiger partial charge in [-0.3, -0.25) is 14.4 Å². The average molecular weight is 403 g/mol. The Balaban J connectivity index is 1.53. The second kappa shape index (κ2) is 8.88. The zero-order valence-electron chi connectivity index (χ0n) is 15.1. The molecule has 1 heterocycles. The lowest BCUT2D eigenvalue weighted by Gasteiger charge is -2.28. The number of esters is 1. The van der Waals surface area contributed by atoms with Crippen molar-refractivity contribution in [3.63, 3.8) is 0 Å². The number of hydrogen-bond donors (Lipinski definition) is 0. The van der Waals surface area contributed by atoms with Crippen molar-refractivity contribution >= 4 is 35.1 Å². The summed E-state index contributed by atoms with van der Waals surface area (Å²) >= 11 is 1.46. The highest BCUT2D eigenvalue weighted by molar-refractivity contribution is 8.00. The number of para-hydroxylation sites is 1. The summed E-state index contributed by atoms with van der Waals surface area (Å²) < 4.78 is 23.4. The SMILES string of the molecule is COc1ccc(C(=O)COC(=O)CCN2C(=O)CSc3ccccc32)cc1F. The van der Waals surface area contributed by atoms with Crippen LogP contribution in [-0.4, -0.2) is 43.7 Å². The molecule has 0 saturated heterocycles. The third-order valence-electron chi connectivity index (χ3n) is 4.19. The van der Waals surface area contributed by atoms with Crippen LogP contribution in [-0.2, 0) is 14.3 Å².